The van der Waals surface area contributed by atoms with Crippen molar-refractivity contribution in [3.8, 4) is 0 Å². The van der Waals surface area contributed by atoms with E-state index >= 15 is 0 Å². The van der Waals surface area contributed by atoms with Crippen molar-refractivity contribution in [3.05, 3.63) is 65.3 Å². The summed E-state index contributed by atoms with van der Waals surface area (Å²) in [7, 11) is 7.18. The fourth-order valence-corrected chi connectivity index (χ4v) is 16.3. The molecule has 4 fully saturated rings. The van der Waals surface area contributed by atoms with Gasteiger partial charge in [0, 0.05) is 0 Å². The van der Waals surface area contributed by atoms with Gasteiger partial charge < -0.3 is 0 Å². The molecule has 6 rings (SSSR count). The van der Waals surface area contributed by atoms with Gasteiger partial charge in [-0.1, -0.05) is 65.7 Å². The van der Waals surface area contributed by atoms with Crippen LogP contribution in [0.15, 0.2) is 36.4 Å². The Bertz CT molecular complexity index is 1250. The minimum absolute atomic E-state index is 0.385. The number of hydrogen-bond donors (Lipinski definition) is 0. The molecule has 4 aliphatic rings. The third-order valence-corrected chi connectivity index (χ3v) is 18.3. The van der Waals surface area contributed by atoms with Crippen LogP contribution in [0, 0.1) is 6.65 Å². The van der Waals surface area contributed by atoms with Gasteiger partial charge in [-0.15, -0.1) is 0 Å². The predicted octanol–water partition coefficient (Wildman–Crippen LogP) is 14.3. The molecular formula is C46H71ClN2OPRu. The molecule has 52 heavy (non-hydrogen) atoms. The Hall–Kier alpha value is -1.01. The molecule has 2 aromatic rings. The van der Waals surface area contributed by atoms with Crippen molar-refractivity contribution in [1.82, 2.24) is 0 Å². The summed E-state index contributed by atoms with van der Waals surface area (Å²) < 4.78 is 8.80. The van der Waals surface area contributed by atoms with Crippen molar-refractivity contribution in [3.63, 3.8) is 0 Å². The predicted molar refractivity (Wildman–Crippen MR) is 226 cm³/mol. The number of benzene rings is 2. The number of rotatable bonds is 9. The quantitative estimate of drug-likeness (QED) is 0.109. The first-order valence-electron chi connectivity index (χ1n) is 21.0. The van der Waals surface area contributed by atoms with E-state index in [0.717, 1.165) is 13.1 Å². The fraction of sp³-hybridized carbons (Fsp3) is 0.696. The molecule has 3 aliphatic carbocycles. The second kappa shape index (κ2) is 21.9. The molecule has 0 radical (unpaired) electrons. The summed E-state index contributed by atoms with van der Waals surface area (Å²) in [6, 6.07) is 13.7. The molecule has 0 unspecified atom stereocenters. The molecule has 1 heterocycles. The van der Waals surface area contributed by atoms with Crippen LogP contribution in [-0.4, -0.2) is 34.4 Å². The molecule has 0 spiro atoms. The van der Waals surface area contributed by atoms with Gasteiger partial charge in [-0.05, 0) is 55.5 Å². The van der Waals surface area contributed by atoms with Crippen LogP contribution < -0.4 is 9.80 Å². The number of hydrogen-bond acceptors (Lipinski definition) is 2. The van der Waals surface area contributed by atoms with Crippen molar-refractivity contribution in [2.24, 2.45) is 0 Å². The Morgan fingerprint density at radius 1 is 0.538 bits per heavy atom. The zero-order valence-corrected chi connectivity index (χ0v) is 37.4. The van der Waals surface area contributed by atoms with Crippen molar-refractivity contribution >= 4 is 33.3 Å². The van der Waals surface area contributed by atoms with Crippen LogP contribution in [0.2, 0.25) is 0 Å². The summed E-state index contributed by atoms with van der Waals surface area (Å²) >= 11 is -0.413. The maximum atomic E-state index is 7.50. The summed E-state index contributed by atoms with van der Waals surface area (Å²) in [4.78, 5) is 5.11. The van der Waals surface area contributed by atoms with Gasteiger partial charge in [-0.2, -0.15) is 0 Å². The molecular weight excluding hydrogens is 764 g/mol. The van der Waals surface area contributed by atoms with E-state index in [4.69, 9.17) is 14.3 Å². The van der Waals surface area contributed by atoms with Gasteiger partial charge in [-0.3, -0.25) is 0 Å². The Labute approximate surface area is 332 Å². The van der Waals surface area contributed by atoms with Gasteiger partial charge in [0.25, 0.3) is 0 Å². The van der Waals surface area contributed by atoms with Crippen molar-refractivity contribution in [2.45, 2.75) is 192 Å². The van der Waals surface area contributed by atoms with Crippen LogP contribution in [0.1, 0.15) is 198 Å². The van der Waals surface area contributed by atoms with Crippen LogP contribution in [0.3, 0.4) is 0 Å². The molecule has 3 nitrogen and oxygen atoms in total. The average Bonchev–Trinajstić information content (AvgIpc) is 3.60. The third-order valence-electron chi connectivity index (χ3n) is 12.3. The van der Waals surface area contributed by atoms with Gasteiger partial charge in [0.05, 0.1) is 0 Å². The fourth-order valence-electron chi connectivity index (χ4n) is 9.68. The molecule has 0 amide bonds. The van der Waals surface area contributed by atoms with Crippen molar-refractivity contribution < 1.29 is 20.3 Å². The minimum atomic E-state index is -0.413. The summed E-state index contributed by atoms with van der Waals surface area (Å²) in [5.74, 6) is 1.90. The molecule has 0 bridgehead atoms. The van der Waals surface area contributed by atoms with Gasteiger partial charge in [-0.25, -0.2) is 0 Å². The van der Waals surface area contributed by atoms with E-state index in [1.54, 1.807) is 77.0 Å². The number of anilines is 2. The first kappa shape index (κ1) is 43.7. The van der Waals surface area contributed by atoms with E-state index in [-0.39, 0.29) is 0 Å². The maximum absolute atomic E-state index is 7.50. The normalized spacial score (nSPS) is 19.4. The van der Waals surface area contributed by atoms with Crippen LogP contribution >= 0.6 is 17.6 Å². The van der Waals surface area contributed by atoms with Crippen LogP contribution in [-0.2, 0) is 20.3 Å². The Morgan fingerprint density at radius 2 is 0.808 bits per heavy atom. The average molecular weight is 836 g/mol. The summed E-state index contributed by atoms with van der Waals surface area (Å²) in [6.07, 6.45) is 23.6. The number of nitrogens with zero attached hydrogens (tertiary/aromatic N) is 2. The van der Waals surface area contributed by atoms with Crippen LogP contribution in [0.4, 0.5) is 11.4 Å². The van der Waals surface area contributed by atoms with Crippen LogP contribution in [0.25, 0.3) is 0 Å². The Morgan fingerprint density at radius 3 is 1.04 bits per heavy atom. The van der Waals surface area contributed by atoms with E-state index in [2.05, 4.69) is 108 Å². The first-order valence-corrected chi connectivity index (χ1v) is 25.7. The van der Waals surface area contributed by atoms with E-state index in [9.17, 15) is 0 Å². The Balaban J connectivity index is 0.000000245. The molecule has 1 saturated heterocycles. The zero-order chi connectivity index (χ0) is 37.8. The SMILES string of the molecule is C1CCC(P(C2CCCCC2)C2CCCCC2)CC1.CC(C)c1cccc(C(C)C)c1N1CCN(c2c(C(C)C)cccc2C(C)C)[C]1=[Ru][Cl].[C-]#[O+]. The first-order chi connectivity index (χ1) is 25.1. The molecule has 0 N–H and O–H groups in total. The molecule has 6 heteroatoms. The standard InChI is InChI=1S/C27H38N2.C18H33P.CO.ClH.Ru/c1-18(2)22-11-9-12-23(19(3)4)26(22)28-15-16-29(17-28)27-24(20(5)6)13-10-14-25(27)21(7)8;1-4-10-16(11-5-1)19(17-12-6-2-7-13-17)18-14-8-3-9-15-18;1-2;;/h9-14,18-21H,15-16H2,1-8H3;16-18H,1-15H2;;1H;/q;;;;+1/p-1. The van der Waals surface area contributed by atoms with E-state index in [0.29, 0.717) is 31.6 Å². The van der Waals surface area contributed by atoms with Gasteiger partial charge >= 0.3 is 213 Å². The van der Waals surface area contributed by atoms with E-state index < -0.39 is 15.7 Å². The second-order valence-electron chi connectivity index (χ2n) is 17.1. The molecule has 3 saturated carbocycles. The summed E-state index contributed by atoms with van der Waals surface area (Å²) in [6.45, 7) is 24.9. The summed E-state index contributed by atoms with van der Waals surface area (Å²) in [5, 5.41) is 0. The molecule has 1 aliphatic heterocycles. The summed E-state index contributed by atoms with van der Waals surface area (Å²) in [5.41, 5.74) is 12.1. The number of para-hydroxylation sites is 2. The monoisotopic (exact) mass is 835 g/mol. The van der Waals surface area contributed by atoms with Gasteiger partial charge in [0.2, 0.25) is 0 Å². The van der Waals surface area contributed by atoms with Crippen molar-refractivity contribution in [1.29, 1.82) is 0 Å². The molecule has 0 atom stereocenters. The van der Waals surface area contributed by atoms with Gasteiger partial charge in [0.1, 0.15) is 0 Å². The molecule has 291 valence electrons. The zero-order valence-electron chi connectivity index (χ0n) is 34.0. The molecule has 2 aromatic carbocycles. The van der Waals surface area contributed by atoms with E-state index in [1.165, 1.54) is 74.2 Å². The number of halogens is 1. The van der Waals surface area contributed by atoms with Crippen LogP contribution in [0.5, 0.6) is 0 Å². The second-order valence-corrected chi connectivity index (χ2v) is 22.1. The third kappa shape index (κ3) is 10.8. The molecule has 0 aromatic heterocycles. The van der Waals surface area contributed by atoms with E-state index in [1.807, 2.05) is 0 Å². The topological polar surface area (TPSA) is 26.4 Å². The Kier molecular flexibility index (Phi) is 18.4. The van der Waals surface area contributed by atoms with Gasteiger partial charge in [0.15, 0.2) is 0 Å². The van der Waals surface area contributed by atoms with Crippen molar-refractivity contribution in [2.75, 3.05) is 22.9 Å².